The predicted molar refractivity (Wildman–Crippen MR) is 87.2 cm³/mol. The van der Waals surface area contributed by atoms with Gasteiger partial charge in [0.15, 0.2) is 12.0 Å². The standard InChI is InChI=1S/C17H17N3O5/c21-9-12-14(22)16(23)19-15(18-12)13-7-4-8-20(13)17(24)25-10-11-5-2-1-3-6-11/h1-3,5-6,9,13,22H,4,7-8,10H2,(H,18,19,23). The highest BCUT2D eigenvalue weighted by molar-refractivity contribution is 5.75. The van der Waals surface area contributed by atoms with Gasteiger partial charge < -0.3 is 14.8 Å². The number of carbonyl (C=O) groups excluding carboxylic acids is 2. The van der Waals surface area contributed by atoms with Crippen molar-refractivity contribution in [2.45, 2.75) is 25.5 Å². The minimum atomic E-state index is -0.809. The fraction of sp³-hybridized carbons (Fsp3) is 0.294. The molecule has 1 aromatic carbocycles. The van der Waals surface area contributed by atoms with E-state index in [9.17, 15) is 19.5 Å². The summed E-state index contributed by atoms with van der Waals surface area (Å²) in [5.74, 6) is -0.561. The van der Waals surface area contributed by atoms with E-state index in [0.29, 0.717) is 25.7 Å². The van der Waals surface area contributed by atoms with Gasteiger partial charge in [-0.25, -0.2) is 9.78 Å². The highest BCUT2D eigenvalue weighted by atomic mass is 16.6. The summed E-state index contributed by atoms with van der Waals surface area (Å²) in [5, 5.41) is 9.51. The Labute approximate surface area is 143 Å². The third kappa shape index (κ3) is 3.52. The predicted octanol–water partition coefficient (Wildman–Crippen LogP) is 1.76. The van der Waals surface area contributed by atoms with E-state index < -0.39 is 23.4 Å². The Kier molecular flexibility index (Phi) is 4.78. The Morgan fingerprint density at radius 2 is 2.16 bits per heavy atom. The van der Waals surface area contributed by atoms with Crippen LogP contribution < -0.4 is 5.56 Å². The van der Waals surface area contributed by atoms with Crippen LogP contribution in [-0.4, -0.2) is 38.9 Å². The van der Waals surface area contributed by atoms with Crippen molar-refractivity contribution in [1.82, 2.24) is 14.9 Å². The van der Waals surface area contributed by atoms with Gasteiger partial charge in [-0.2, -0.15) is 0 Å². The fourth-order valence-electron chi connectivity index (χ4n) is 2.81. The summed E-state index contributed by atoms with van der Waals surface area (Å²) >= 11 is 0. The Morgan fingerprint density at radius 3 is 2.88 bits per heavy atom. The molecule has 1 unspecified atom stereocenters. The van der Waals surface area contributed by atoms with Crippen molar-refractivity contribution in [2.24, 2.45) is 0 Å². The number of ether oxygens (including phenoxy) is 1. The molecule has 1 saturated heterocycles. The van der Waals surface area contributed by atoms with Crippen LogP contribution >= 0.6 is 0 Å². The number of hydrogen-bond acceptors (Lipinski definition) is 6. The van der Waals surface area contributed by atoms with Gasteiger partial charge in [0.05, 0.1) is 6.04 Å². The Bertz CT molecular complexity index is 834. The zero-order valence-corrected chi connectivity index (χ0v) is 13.3. The lowest BCUT2D eigenvalue weighted by Gasteiger charge is -2.23. The number of carbonyl (C=O) groups is 2. The average Bonchev–Trinajstić information content (AvgIpc) is 3.12. The first-order chi connectivity index (χ1) is 12.1. The van der Waals surface area contributed by atoms with Gasteiger partial charge in [-0.15, -0.1) is 0 Å². The van der Waals surface area contributed by atoms with Gasteiger partial charge in [0, 0.05) is 6.54 Å². The molecule has 0 aliphatic carbocycles. The summed E-state index contributed by atoms with van der Waals surface area (Å²) in [6.45, 7) is 0.599. The summed E-state index contributed by atoms with van der Waals surface area (Å²) in [4.78, 5) is 42.9. The third-order valence-electron chi connectivity index (χ3n) is 4.06. The molecule has 0 spiro atoms. The van der Waals surface area contributed by atoms with Crippen molar-refractivity contribution in [3.8, 4) is 5.75 Å². The summed E-state index contributed by atoms with van der Waals surface area (Å²) < 4.78 is 5.32. The molecule has 0 radical (unpaired) electrons. The molecule has 1 aliphatic rings. The number of aromatic nitrogens is 2. The largest absolute Gasteiger partial charge is 0.501 e. The van der Waals surface area contributed by atoms with Gasteiger partial charge in [-0.1, -0.05) is 30.3 Å². The fourth-order valence-corrected chi connectivity index (χ4v) is 2.81. The van der Waals surface area contributed by atoms with E-state index in [2.05, 4.69) is 9.97 Å². The molecule has 2 heterocycles. The molecular weight excluding hydrogens is 326 g/mol. The van der Waals surface area contributed by atoms with E-state index in [1.807, 2.05) is 30.3 Å². The number of H-pyrrole nitrogens is 1. The zero-order valence-electron chi connectivity index (χ0n) is 13.3. The van der Waals surface area contributed by atoms with E-state index in [4.69, 9.17) is 4.74 Å². The lowest BCUT2D eigenvalue weighted by Crippen LogP contribution is -2.33. The van der Waals surface area contributed by atoms with Crippen LogP contribution in [0.15, 0.2) is 35.1 Å². The molecular formula is C17H17N3O5. The monoisotopic (exact) mass is 343 g/mol. The number of nitrogens with zero attached hydrogens (tertiary/aromatic N) is 2. The molecule has 8 nitrogen and oxygen atoms in total. The number of amides is 1. The number of benzene rings is 1. The van der Waals surface area contributed by atoms with Crippen molar-refractivity contribution >= 4 is 12.4 Å². The van der Waals surface area contributed by atoms with E-state index in [-0.39, 0.29) is 18.1 Å². The second-order valence-corrected chi connectivity index (χ2v) is 5.69. The van der Waals surface area contributed by atoms with Crippen molar-refractivity contribution in [1.29, 1.82) is 0 Å². The van der Waals surface area contributed by atoms with Crippen LogP contribution in [0.3, 0.4) is 0 Å². The van der Waals surface area contributed by atoms with Crippen LogP contribution in [-0.2, 0) is 11.3 Å². The van der Waals surface area contributed by atoms with Gasteiger partial charge in [0.25, 0.3) is 5.56 Å². The van der Waals surface area contributed by atoms with Crippen LogP contribution in [0.25, 0.3) is 0 Å². The molecule has 2 N–H and O–H groups in total. The van der Waals surface area contributed by atoms with Gasteiger partial charge in [0.2, 0.25) is 5.75 Å². The molecule has 1 fully saturated rings. The molecule has 1 amide bonds. The number of hydrogen-bond donors (Lipinski definition) is 2. The van der Waals surface area contributed by atoms with Crippen molar-refractivity contribution in [3.05, 3.63) is 57.8 Å². The number of aldehydes is 1. The van der Waals surface area contributed by atoms with E-state index in [0.717, 1.165) is 5.56 Å². The smallest absolute Gasteiger partial charge is 0.410 e. The normalized spacial score (nSPS) is 16.6. The van der Waals surface area contributed by atoms with Crippen molar-refractivity contribution < 1.29 is 19.4 Å². The molecule has 1 aliphatic heterocycles. The number of rotatable bonds is 4. The SMILES string of the molecule is O=Cc1nc(C2CCCN2C(=O)OCc2ccccc2)[nH]c(=O)c1O. The number of aromatic amines is 1. The van der Waals surface area contributed by atoms with Crippen LogP contribution in [0.2, 0.25) is 0 Å². The maximum Gasteiger partial charge on any atom is 0.410 e. The quantitative estimate of drug-likeness (QED) is 0.818. The van der Waals surface area contributed by atoms with Gasteiger partial charge in [0.1, 0.15) is 12.4 Å². The molecule has 25 heavy (non-hydrogen) atoms. The van der Waals surface area contributed by atoms with Crippen LogP contribution in [0.1, 0.15) is 40.8 Å². The Morgan fingerprint density at radius 1 is 1.40 bits per heavy atom. The third-order valence-corrected chi connectivity index (χ3v) is 4.06. The maximum atomic E-state index is 12.4. The molecule has 1 atom stereocenters. The molecule has 0 saturated carbocycles. The maximum absolute atomic E-state index is 12.4. The number of aromatic hydroxyl groups is 1. The first kappa shape index (κ1) is 16.7. The topological polar surface area (TPSA) is 113 Å². The second-order valence-electron chi connectivity index (χ2n) is 5.69. The Balaban J connectivity index is 1.76. The summed E-state index contributed by atoms with van der Waals surface area (Å²) in [6, 6.07) is 8.78. The van der Waals surface area contributed by atoms with Gasteiger partial charge >= 0.3 is 6.09 Å². The molecule has 2 aromatic rings. The molecule has 0 bridgehead atoms. The summed E-state index contributed by atoms with van der Waals surface area (Å²) in [5.41, 5.74) is -0.286. The first-order valence-corrected chi connectivity index (χ1v) is 7.86. The zero-order chi connectivity index (χ0) is 17.8. The van der Waals surface area contributed by atoms with Gasteiger partial charge in [-0.05, 0) is 18.4 Å². The van der Waals surface area contributed by atoms with Crippen LogP contribution in [0, 0.1) is 0 Å². The second kappa shape index (κ2) is 7.16. The molecule has 3 rings (SSSR count). The van der Waals surface area contributed by atoms with E-state index in [1.54, 1.807) is 0 Å². The van der Waals surface area contributed by atoms with E-state index in [1.165, 1.54) is 4.90 Å². The van der Waals surface area contributed by atoms with Crippen LogP contribution in [0.5, 0.6) is 5.75 Å². The molecule has 1 aromatic heterocycles. The highest BCUT2D eigenvalue weighted by Gasteiger charge is 2.33. The van der Waals surface area contributed by atoms with Crippen molar-refractivity contribution in [3.63, 3.8) is 0 Å². The lowest BCUT2D eigenvalue weighted by atomic mass is 10.2. The molecule has 130 valence electrons. The highest BCUT2D eigenvalue weighted by Crippen LogP contribution is 2.30. The lowest BCUT2D eigenvalue weighted by molar-refractivity contribution is 0.0907. The summed E-state index contributed by atoms with van der Waals surface area (Å²) in [6.07, 6.45) is 1.08. The number of nitrogens with one attached hydrogen (secondary N) is 1. The summed E-state index contributed by atoms with van der Waals surface area (Å²) in [7, 11) is 0. The first-order valence-electron chi connectivity index (χ1n) is 7.86. The minimum Gasteiger partial charge on any atom is -0.501 e. The van der Waals surface area contributed by atoms with Gasteiger partial charge in [-0.3, -0.25) is 14.5 Å². The van der Waals surface area contributed by atoms with Crippen molar-refractivity contribution in [2.75, 3.05) is 6.54 Å². The van der Waals surface area contributed by atoms with E-state index >= 15 is 0 Å². The minimum absolute atomic E-state index is 0.141. The Hall–Kier alpha value is -3.16. The average molecular weight is 343 g/mol. The molecule has 8 heteroatoms. The number of likely N-dealkylation sites (tertiary alicyclic amines) is 1. The van der Waals surface area contributed by atoms with Crippen LogP contribution in [0.4, 0.5) is 4.79 Å².